The van der Waals surface area contributed by atoms with Crippen LogP contribution in [0.25, 0.3) is 0 Å². The van der Waals surface area contributed by atoms with Crippen LogP contribution < -0.4 is 16.6 Å². The highest BCUT2D eigenvalue weighted by Gasteiger charge is 2.28. The van der Waals surface area contributed by atoms with Gasteiger partial charge < -0.3 is 10.1 Å². The summed E-state index contributed by atoms with van der Waals surface area (Å²) in [4.78, 5) is 37.7. The first-order valence-corrected chi connectivity index (χ1v) is 12.0. The minimum absolute atomic E-state index is 0.0167. The van der Waals surface area contributed by atoms with Crippen molar-refractivity contribution in [2.24, 2.45) is 0 Å². The number of hydrogen-bond acceptors (Lipinski definition) is 7. The molecule has 1 aliphatic carbocycles. The molecule has 174 valence electrons. The van der Waals surface area contributed by atoms with E-state index in [0.717, 1.165) is 12.8 Å². The fourth-order valence-electron chi connectivity index (χ4n) is 3.48. The standard InChI is InChI=1S/C20H20ClN5O6S/c21-16-4-3-15(33(30,31)24-5-7-32-8-6-24)9-17(16)23-18(27)12-26-19(28)13(10-22)11-25(20(26)29)14-1-2-14/h3-4,9,11,14H,1-2,5-8,12H2,(H,23,27). The average molecular weight is 494 g/mol. The van der Waals surface area contributed by atoms with Gasteiger partial charge in [-0.3, -0.25) is 14.2 Å². The number of sulfonamides is 1. The van der Waals surface area contributed by atoms with Crippen LogP contribution in [0.3, 0.4) is 0 Å². The van der Waals surface area contributed by atoms with Crippen molar-refractivity contribution >= 4 is 33.2 Å². The molecule has 0 bridgehead atoms. The molecular formula is C20H20ClN5O6S. The first-order chi connectivity index (χ1) is 15.7. The van der Waals surface area contributed by atoms with Crippen molar-refractivity contribution < 1.29 is 17.9 Å². The van der Waals surface area contributed by atoms with Crippen molar-refractivity contribution in [1.82, 2.24) is 13.4 Å². The largest absolute Gasteiger partial charge is 0.379 e. The molecule has 33 heavy (non-hydrogen) atoms. The van der Waals surface area contributed by atoms with Gasteiger partial charge in [-0.1, -0.05) is 11.6 Å². The molecule has 1 N–H and O–H groups in total. The summed E-state index contributed by atoms with van der Waals surface area (Å²) in [5.74, 6) is -0.769. The van der Waals surface area contributed by atoms with Gasteiger partial charge in [0.2, 0.25) is 15.9 Å². The van der Waals surface area contributed by atoms with E-state index in [9.17, 15) is 28.1 Å². The summed E-state index contributed by atoms with van der Waals surface area (Å²) in [5, 5.41) is 11.8. The molecule has 13 heteroatoms. The van der Waals surface area contributed by atoms with E-state index < -0.39 is 33.7 Å². The highest BCUT2D eigenvalue weighted by Crippen LogP contribution is 2.33. The van der Waals surface area contributed by atoms with Crippen LogP contribution >= 0.6 is 11.6 Å². The number of rotatable bonds is 6. The van der Waals surface area contributed by atoms with Gasteiger partial charge >= 0.3 is 5.69 Å². The molecule has 2 aromatic rings. The topological polar surface area (TPSA) is 143 Å². The van der Waals surface area contributed by atoms with E-state index in [4.69, 9.17) is 16.3 Å². The van der Waals surface area contributed by atoms with E-state index in [-0.39, 0.29) is 53.5 Å². The zero-order chi connectivity index (χ0) is 23.8. The number of carbonyl (C=O) groups is 1. The maximum absolute atomic E-state index is 12.9. The van der Waals surface area contributed by atoms with Crippen LogP contribution in [0.15, 0.2) is 38.9 Å². The lowest BCUT2D eigenvalue weighted by Crippen LogP contribution is -2.43. The third-order valence-corrected chi connectivity index (χ3v) is 7.60. The van der Waals surface area contributed by atoms with Gasteiger partial charge in [-0.05, 0) is 31.0 Å². The Hall–Kier alpha value is -2.98. The van der Waals surface area contributed by atoms with Gasteiger partial charge in [-0.25, -0.2) is 17.8 Å². The average Bonchev–Trinajstić information content (AvgIpc) is 3.64. The summed E-state index contributed by atoms with van der Waals surface area (Å²) >= 11 is 6.14. The molecule has 0 radical (unpaired) electrons. The van der Waals surface area contributed by atoms with Crippen LogP contribution in [-0.2, 0) is 26.1 Å². The number of halogens is 1. The quantitative estimate of drug-likeness (QED) is 0.618. The molecule has 1 saturated carbocycles. The van der Waals surface area contributed by atoms with E-state index in [0.29, 0.717) is 4.57 Å². The summed E-state index contributed by atoms with van der Waals surface area (Å²) in [6.07, 6.45) is 2.71. The van der Waals surface area contributed by atoms with Crippen molar-refractivity contribution in [3.8, 4) is 6.07 Å². The first-order valence-electron chi connectivity index (χ1n) is 10.2. The number of benzene rings is 1. The number of morpholine rings is 1. The minimum Gasteiger partial charge on any atom is -0.379 e. The van der Waals surface area contributed by atoms with Gasteiger partial charge in [0, 0.05) is 25.3 Å². The van der Waals surface area contributed by atoms with Gasteiger partial charge in [0.05, 0.1) is 28.8 Å². The zero-order valence-electron chi connectivity index (χ0n) is 17.4. The van der Waals surface area contributed by atoms with E-state index in [1.165, 1.54) is 33.3 Å². The maximum atomic E-state index is 12.9. The van der Waals surface area contributed by atoms with Crippen LogP contribution in [0.5, 0.6) is 0 Å². The summed E-state index contributed by atoms with van der Waals surface area (Å²) in [6, 6.07) is 5.54. The predicted molar refractivity (Wildman–Crippen MR) is 118 cm³/mol. The third kappa shape index (κ3) is 4.72. The number of ether oxygens (including phenoxy) is 1. The van der Waals surface area contributed by atoms with Gasteiger partial charge in [0.25, 0.3) is 5.56 Å². The predicted octanol–water partition coefficient (Wildman–Crippen LogP) is 0.530. The normalized spacial score (nSPS) is 16.8. The lowest BCUT2D eigenvalue weighted by Gasteiger charge is -2.26. The minimum atomic E-state index is -3.83. The Morgan fingerprint density at radius 1 is 1.24 bits per heavy atom. The van der Waals surface area contributed by atoms with Crippen molar-refractivity contribution in [3.05, 3.63) is 55.8 Å². The summed E-state index contributed by atoms with van der Waals surface area (Å²) < 4.78 is 34.2. The van der Waals surface area contributed by atoms with Gasteiger partial charge in [-0.2, -0.15) is 9.57 Å². The third-order valence-electron chi connectivity index (χ3n) is 5.38. The first kappa shape index (κ1) is 23.2. The Balaban J connectivity index is 1.59. The Morgan fingerprint density at radius 3 is 2.58 bits per heavy atom. The summed E-state index contributed by atoms with van der Waals surface area (Å²) in [5.41, 5.74) is -1.79. The molecule has 1 amide bonds. The summed E-state index contributed by atoms with van der Waals surface area (Å²) in [7, 11) is -3.83. The SMILES string of the molecule is N#Cc1cn(C2CC2)c(=O)n(CC(=O)Nc2cc(S(=O)(=O)N3CCOCC3)ccc2Cl)c1=O. The Bertz CT molecular complexity index is 1370. The number of carbonyl (C=O) groups excluding carboxylic acids is 1. The van der Waals surface area contributed by atoms with Gasteiger partial charge in [0.15, 0.2) is 0 Å². The van der Waals surface area contributed by atoms with E-state index in [1.54, 1.807) is 6.07 Å². The van der Waals surface area contributed by atoms with Gasteiger partial charge in [0.1, 0.15) is 18.2 Å². The van der Waals surface area contributed by atoms with Crippen LogP contribution in [0.1, 0.15) is 24.4 Å². The van der Waals surface area contributed by atoms with Crippen LogP contribution in [0, 0.1) is 11.3 Å². The molecule has 0 spiro atoms. The number of anilines is 1. The summed E-state index contributed by atoms with van der Waals surface area (Å²) in [6.45, 7) is 0.323. The van der Waals surface area contributed by atoms with Gasteiger partial charge in [-0.15, -0.1) is 0 Å². The van der Waals surface area contributed by atoms with Crippen LogP contribution in [0.4, 0.5) is 5.69 Å². The molecule has 11 nitrogen and oxygen atoms in total. The molecule has 2 fully saturated rings. The fourth-order valence-corrected chi connectivity index (χ4v) is 5.08. The Kier molecular flexibility index (Phi) is 6.40. The Morgan fingerprint density at radius 2 is 1.94 bits per heavy atom. The highest BCUT2D eigenvalue weighted by atomic mass is 35.5. The molecule has 2 heterocycles. The second-order valence-corrected chi connectivity index (χ2v) is 10.0. The van der Waals surface area contributed by atoms with E-state index >= 15 is 0 Å². The van der Waals surface area contributed by atoms with Crippen molar-refractivity contribution in [2.75, 3.05) is 31.6 Å². The monoisotopic (exact) mass is 493 g/mol. The molecule has 1 aromatic carbocycles. The molecule has 0 unspecified atom stereocenters. The molecule has 1 saturated heterocycles. The molecule has 2 aliphatic rings. The molecule has 1 aliphatic heterocycles. The van der Waals surface area contributed by atoms with E-state index in [2.05, 4.69) is 5.32 Å². The maximum Gasteiger partial charge on any atom is 0.331 e. The zero-order valence-corrected chi connectivity index (χ0v) is 18.9. The number of nitriles is 1. The number of amides is 1. The van der Waals surface area contributed by atoms with Crippen molar-refractivity contribution in [3.63, 3.8) is 0 Å². The molecular weight excluding hydrogens is 474 g/mol. The van der Waals surface area contributed by atoms with Crippen LogP contribution in [0.2, 0.25) is 5.02 Å². The molecule has 0 atom stereocenters. The van der Waals surface area contributed by atoms with Crippen molar-refractivity contribution in [2.45, 2.75) is 30.3 Å². The second-order valence-electron chi connectivity index (χ2n) is 7.67. The number of nitrogens with zero attached hydrogens (tertiary/aromatic N) is 4. The number of aromatic nitrogens is 2. The van der Waals surface area contributed by atoms with E-state index in [1.807, 2.05) is 0 Å². The van der Waals surface area contributed by atoms with Crippen molar-refractivity contribution in [1.29, 1.82) is 5.26 Å². The lowest BCUT2D eigenvalue weighted by atomic mass is 10.3. The van der Waals surface area contributed by atoms with Crippen LogP contribution in [-0.4, -0.2) is 54.1 Å². The fraction of sp³-hybridized carbons (Fsp3) is 0.400. The highest BCUT2D eigenvalue weighted by molar-refractivity contribution is 7.89. The lowest BCUT2D eigenvalue weighted by molar-refractivity contribution is -0.116. The second kappa shape index (κ2) is 9.11. The number of hydrogen-bond donors (Lipinski definition) is 1. The molecule has 1 aromatic heterocycles. The smallest absolute Gasteiger partial charge is 0.331 e. The number of nitrogens with one attached hydrogen (secondary N) is 1. The molecule has 4 rings (SSSR count). The Labute approximate surface area is 193 Å².